The summed E-state index contributed by atoms with van der Waals surface area (Å²) in [5.41, 5.74) is 2.99. The highest BCUT2D eigenvalue weighted by Crippen LogP contribution is 2.32. The molecule has 4 unspecified atom stereocenters. The van der Waals surface area contributed by atoms with Crippen molar-refractivity contribution >= 4 is 0 Å². The summed E-state index contributed by atoms with van der Waals surface area (Å²) in [4.78, 5) is 0. The summed E-state index contributed by atoms with van der Waals surface area (Å²) in [6.07, 6.45) is 5.34. The lowest BCUT2D eigenvalue weighted by atomic mass is 9.77. The zero-order chi connectivity index (χ0) is 13.9. The highest BCUT2D eigenvalue weighted by Gasteiger charge is 2.29. The second-order valence-corrected chi connectivity index (χ2v) is 6.76. The van der Waals surface area contributed by atoms with Crippen LogP contribution in [0, 0.1) is 11.8 Å². The largest absolute Gasteiger partial charge is 0.313 e. The molecule has 1 aliphatic heterocycles. The number of hydrogen-bond acceptors (Lipinski definition) is 2. The molecule has 2 heteroatoms. The zero-order valence-corrected chi connectivity index (χ0v) is 12.9. The van der Waals surface area contributed by atoms with Crippen LogP contribution in [0.1, 0.15) is 56.7 Å². The van der Waals surface area contributed by atoms with Crippen molar-refractivity contribution < 1.29 is 0 Å². The third-order valence-corrected chi connectivity index (χ3v) is 5.48. The van der Waals surface area contributed by atoms with Crippen molar-refractivity contribution in [2.75, 3.05) is 6.54 Å². The summed E-state index contributed by atoms with van der Waals surface area (Å²) in [5.74, 6) is 1.66. The smallest absolute Gasteiger partial charge is 0.0338 e. The molecule has 0 spiro atoms. The van der Waals surface area contributed by atoms with E-state index in [1.165, 1.54) is 36.8 Å². The Morgan fingerprint density at radius 2 is 1.95 bits per heavy atom. The van der Waals surface area contributed by atoms with E-state index >= 15 is 0 Å². The maximum Gasteiger partial charge on any atom is 0.0338 e. The van der Waals surface area contributed by atoms with Crippen LogP contribution < -0.4 is 10.6 Å². The molecule has 2 nitrogen and oxygen atoms in total. The standard InChI is InChI=1S/C18H28N2/c1-13-6-5-9-17(14(13)2)20-18-10-11-19-12-15-7-3-4-8-16(15)18/h3-4,7-8,13-14,17-20H,5-6,9-12H2,1-2H3. The van der Waals surface area contributed by atoms with Crippen molar-refractivity contribution in [3.05, 3.63) is 35.4 Å². The number of hydrogen-bond donors (Lipinski definition) is 2. The van der Waals surface area contributed by atoms with Gasteiger partial charge in [0.15, 0.2) is 0 Å². The minimum absolute atomic E-state index is 0.527. The Morgan fingerprint density at radius 1 is 1.10 bits per heavy atom. The number of fused-ring (bicyclic) bond motifs is 1. The molecule has 3 rings (SSSR count). The van der Waals surface area contributed by atoms with Crippen molar-refractivity contribution in [2.24, 2.45) is 11.8 Å². The first kappa shape index (κ1) is 14.1. The molecule has 1 aromatic carbocycles. The van der Waals surface area contributed by atoms with E-state index in [2.05, 4.69) is 48.7 Å². The van der Waals surface area contributed by atoms with Gasteiger partial charge in [-0.3, -0.25) is 0 Å². The molecule has 0 aromatic heterocycles. The van der Waals surface area contributed by atoms with Crippen molar-refractivity contribution in [3.63, 3.8) is 0 Å². The van der Waals surface area contributed by atoms with E-state index in [1.807, 2.05) is 0 Å². The fourth-order valence-electron chi connectivity index (χ4n) is 3.91. The Labute approximate surface area is 123 Å². The van der Waals surface area contributed by atoms with Gasteiger partial charge in [0.2, 0.25) is 0 Å². The lowest BCUT2D eigenvalue weighted by Crippen LogP contribution is -2.42. The van der Waals surface area contributed by atoms with Gasteiger partial charge in [-0.1, -0.05) is 51.0 Å². The molecular weight excluding hydrogens is 244 g/mol. The van der Waals surface area contributed by atoms with Crippen LogP contribution in [0.15, 0.2) is 24.3 Å². The van der Waals surface area contributed by atoms with E-state index < -0.39 is 0 Å². The number of benzene rings is 1. The van der Waals surface area contributed by atoms with Gasteiger partial charge in [0.05, 0.1) is 0 Å². The van der Waals surface area contributed by atoms with Crippen molar-refractivity contribution in [1.29, 1.82) is 0 Å². The van der Waals surface area contributed by atoms with E-state index in [0.717, 1.165) is 24.9 Å². The van der Waals surface area contributed by atoms with Crippen LogP contribution in [-0.2, 0) is 6.54 Å². The van der Waals surface area contributed by atoms with Gasteiger partial charge in [-0.05, 0) is 42.3 Å². The summed E-state index contributed by atoms with van der Waals surface area (Å²) < 4.78 is 0. The summed E-state index contributed by atoms with van der Waals surface area (Å²) in [6.45, 7) is 6.98. The third kappa shape index (κ3) is 2.91. The molecule has 0 radical (unpaired) electrons. The number of rotatable bonds is 2. The lowest BCUT2D eigenvalue weighted by molar-refractivity contribution is 0.191. The van der Waals surface area contributed by atoms with Crippen LogP contribution in [0.5, 0.6) is 0 Å². The minimum atomic E-state index is 0.527. The fraction of sp³-hybridized carbons (Fsp3) is 0.667. The van der Waals surface area contributed by atoms with Crippen molar-refractivity contribution in [2.45, 2.75) is 58.2 Å². The van der Waals surface area contributed by atoms with Crippen molar-refractivity contribution in [3.8, 4) is 0 Å². The Balaban J connectivity index is 1.76. The first-order valence-corrected chi connectivity index (χ1v) is 8.30. The van der Waals surface area contributed by atoms with Crippen LogP contribution >= 0.6 is 0 Å². The lowest BCUT2D eigenvalue weighted by Gasteiger charge is -2.37. The Hall–Kier alpha value is -0.860. The molecule has 2 N–H and O–H groups in total. The highest BCUT2D eigenvalue weighted by atomic mass is 15.0. The molecule has 1 saturated carbocycles. The summed E-state index contributed by atoms with van der Waals surface area (Å²) >= 11 is 0. The normalized spacial score (nSPS) is 34.3. The second kappa shape index (κ2) is 6.28. The molecule has 110 valence electrons. The Kier molecular flexibility index (Phi) is 4.42. The predicted molar refractivity (Wildman–Crippen MR) is 84.6 cm³/mol. The van der Waals surface area contributed by atoms with Gasteiger partial charge >= 0.3 is 0 Å². The van der Waals surface area contributed by atoms with Crippen LogP contribution in [0.3, 0.4) is 0 Å². The van der Waals surface area contributed by atoms with Gasteiger partial charge in [0, 0.05) is 18.6 Å². The topological polar surface area (TPSA) is 24.1 Å². The quantitative estimate of drug-likeness (QED) is 0.859. The van der Waals surface area contributed by atoms with Crippen LogP contribution in [-0.4, -0.2) is 12.6 Å². The van der Waals surface area contributed by atoms with E-state index in [1.54, 1.807) is 0 Å². The highest BCUT2D eigenvalue weighted by molar-refractivity contribution is 5.31. The fourth-order valence-corrected chi connectivity index (χ4v) is 3.91. The molecule has 1 aliphatic carbocycles. The third-order valence-electron chi connectivity index (χ3n) is 5.48. The second-order valence-electron chi connectivity index (χ2n) is 6.76. The number of nitrogens with one attached hydrogen (secondary N) is 2. The van der Waals surface area contributed by atoms with E-state index in [0.29, 0.717) is 12.1 Å². The van der Waals surface area contributed by atoms with E-state index in [4.69, 9.17) is 0 Å². The maximum absolute atomic E-state index is 3.99. The van der Waals surface area contributed by atoms with Crippen LogP contribution in [0.4, 0.5) is 0 Å². The minimum Gasteiger partial charge on any atom is -0.313 e. The molecule has 4 atom stereocenters. The molecule has 1 heterocycles. The van der Waals surface area contributed by atoms with Gasteiger partial charge in [-0.2, -0.15) is 0 Å². The van der Waals surface area contributed by atoms with Gasteiger partial charge in [-0.15, -0.1) is 0 Å². The zero-order valence-electron chi connectivity index (χ0n) is 12.9. The van der Waals surface area contributed by atoms with Crippen LogP contribution in [0.25, 0.3) is 0 Å². The summed E-state index contributed by atoms with van der Waals surface area (Å²) in [6, 6.07) is 10.2. The summed E-state index contributed by atoms with van der Waals surface area (Å²) in [5, 5.41) is 7.54. The molecule has 2 aliphatic rings. The van der Waals surface area contributed by atoms with Gasteiger partial charge in [0.25, 0.3) is 0 Å². The van der Waals surface area contributed by atoms with Crippen LogP contribution in [0.2, 0.25) is 0 Å². The SMILES string of the molecule is CC1CCCC(NC2CCNCc3ccccc32)C1C. The average molecular weight is 272 g/mol. The predicted octanol–water partition coefficient (Wildman–Crippen LogP) is 3.64. The van der Waals surface area contributed by atoms with Crippen molar-refractivity contribution in [1.82, 2.24) is 10.6 Å². The monoisotopic (exact) mass is 272 g/mol. The van der Waals surface area contributed by atoms with Gasteiger partial charge < -0.3 is 10.6 Å². The Morgan fingerprint density at radius 3 is 2.85 bits per heavy atom. The molecule has 20 heavy (non-hydrogen) atoms. The molecular formula is C18H28N2. The average Bonchev–Trinajstić information content (AvgIpc) is 2.67. The molecule has 0 amide bonds. The molecule has 1 fully saturated rings. The van der Waals surface area contributed by atoms with E-state index in [-0.39, 0.29) is 0 Å². The molecule has 0 bridgehead atoms. The summed E-state index contributed by atoms with van der Waals surface area (Å²) in [7, 11) is 0. The maximum atomic E-state index is 3.99. The molecule has 0 saturated heterocycles. The first-order valence-electron chi connectivity index (χ1n) is 8.30. The van der Waals surface area contributed by atoms with Gasteiger partial charge in [-0.25, -0.2) is 0 Å². The van der Waals surface area contributed by atoms with Gasteiger partial charge in [0.1, 0.15) is 0 Å². The molecule has 1 aromatic rings. The first-order chi connectivity index (χ1) is 9.75. The Bertz CT molecular complexity index is 443. The van der Waals surface area contributed by atoms with E-state index in [9.17, 15) is 0 Å².